The van der Waals surface area contributed by atoms with Gasteiger partial charge in [-0.25, -0.2) is 0 Å². The maximum absolute atomic E-state index is 5.60. The highest BCUT2D eigenvalue weighted by molar-refractivity contribution is 5.27. The Morgan fingerprint density at radius 1 is 1.32 bits per heavy atom. The minimum Gasteiger partial charge on any atom is -0.497 e. The Balaban J connectivity index is 1.71. The van der Waals surface area contributed by atoms with Gasteiger partial charge in [0, 0.05) is 12.6 Å². The third-order valence-electron chi connectivity index (χ3n) is 4.37. The molecule has 0 unspecified atom stereocenters. The second-order valence-electron chi connectivity index (χ2n) is 6.29. The summed E-state index contributed by atoms with van der Waals surface area (Å²) in [5.41, 5.74) is 2.35. The largest absolute Gasteiger partial charge is 0.497 e. The van der Waals surface area contributed by atoms with Crippen molar-refractivity contribution in [2.24, 2.45) is 0 Å². The summed E-state index contributed by atoms with van der Waals surface area (Å²) in [7, 11) is 1.70. The number of aromatic nitrogens is 1. The van der Waals surface area contributed by atoms with E-state index in [0.29, 0.717) is 12.0 Å². The minimum absolute atomic E-state index is 0.349. The van der Waals surface area contributed by atoms with Gasteiger partial charge in [-0.15, -0.1) is 0 Å². The Kier molecular flexibility index (Phi) is 4.48. The third-order valence-corrected chi connectivity index (χ3v) is 4.37. The van der Waals surface area contributed by atoms with Gasteiger partial charge < -0.3 is 9.26 Å². The summed E-state index contributed by atoms with van der Waals surface area (Å²) in [5, 5.41) is 4.21. The average molecular weight is 300 g/mol. The minimum atomic E-state index is 0.349. The van der Waals surface area contributed by atoms with Crippen LogP contribution < -0.4 is 4.74 Å². The van der Waals surface area contributed by atoms with Crippen molar-refractivity contribution >= 4 is 0 Å². The molecule has 1 saturated heterocycles. The number of ether oxygens (including phenoxy) is 1. The lowest BCUT2D eigenvalue weighted by Gasteiger charge is -2.22. The van der Waals surface area contributed by atoms with E-state index in [9.17, 15) is 0 Å². The number of nitrogens with zero attached hydrogens (tertiary/aromatic N) is 2. The molecule has 1 aromatic heterocycles. The first kappa shape index (κ1) is 15.1. The second-order valence-corrected chi connectivity index (χ2v) is 6.29. The summed E-state index contributed by atoms with van der Waals surface area (Å²) in [6, 6.07) is 10.8. The Bertz CT molecular complexity index is 604. The summed E-state index contributed by atoms with van der Waals surface area (Å²) in [6.45, 7) is 6.33. The molecular weight excluding hydrogens is 276 g/mol. The van der Waals surface area contributed by atoms with Gasteiger partial charge in [0.15, 0.2) is 5.76 Å². The van der Waals surface area contributed by atoms with E-state index in [0.717, 1.165) is 36.7 Å². The summed E-state index contributed by atoms with van der Waals surface area (Å²) in [6.07, 6.45) is 2.35. The predicted molar refractivity (Wildman–Crippen MR) is 86.0 cm³/mol. The van der Waals surface area contributed by atoms with E-state index < -0.39 is 0 Å². The molecule has 2 heterocycles. The highest BCUT2D eigenvalue weighted by Gasteiger charge is 2.29. The molecule has 4 heteroatoms. The Labute approximate surface area is 132 Å². The molecule has 0 amide bonds. The van der Waals surface area contributed by atoms with Crippen molar-refractivity contribution in [2.45, 2.75) is 45.2 Å². The van der Waals surface area contributed by atoms with Gasteiger partial charge in [0.25, 0.3) is 0 Å². The number of rotatable bonds is 5. The molecule has 0 aliphatic carbocycles. The average Bonchev–Trinajstić information content (AvgIpc) is 3.16. The van der Waals surface area contributed by atoms with E-state index in [2.05, 4.69) is 42.1 Å². The van der Waals surface area contributed by atoms with Crippen molar-refractivity contribution in [3.63, 3.8) is 0 Å². The van der Waals surface area contributed by atoms with Crippen LogP contribution in [0.25, 0.3) is 0 Å². The lowest BCUT2D eigenvalue weighted by Crippen LogP contribution is -2.22. The van der Waals surface area contributed by atoms with Gasteiger partial charge in [-0.05, 0) is 43.0 Å². The van der Waals surface area contributed by atoms with Gasteiger partial charge in [0.2, 0.25) is 0 Å². The van der Waals surface area contributed by atoms with Gasteiger partial charge in [0.05, 0.1) is 18.8 Å². The van der Waals surface area contributed by atoms with Crippen LogP contribution in [0.3, 0.4) is 0 Å². The Hall–Kier alpha value is -1.81. The highest BCUT2D eigenvalue weighted by atomic mass is 16.5. The molecule has 0 radical (unpaired) electrons. The fourth-order valence-corrected chi connectivity index (χ4v) is 3.04. The van der Waals surface area contributed by atoms with Crippen molar-refractivity contribution in [2.75, 3.05) is 13.7 Å². The zero-order valence-electron chi connectivity index (χ0n) is 13.6. The Morgan fingerprint density at radius 2 is 2.09 bits per heavy atom. The maximum Gasteiger partial charge on any atom is 0.154 e. The molecule has 4 nitrogen and oxygen atoms in total. The quantitative estimate of drug-likeness (QED) is 0.831. The lowest BCUT2D eigenvalue weighted by atomic mass is 10.1. The zero-order chi connectivity index (χ0) is 15.5. The fraction of sp³-hybridized carbons (Fsp3) is 0.500. The van der Waals surface area contributed by atoms with Crippen LogP contribution >= 0.6 is 0 Å². The molecule has 1 aliphatic rings. The third kappa shape index (κ3) is 3.17. The van der Waals surface area contributed by atoms with Crippen molar-refractivity contribution in [3.05, 3.63) is 47.3 Å². The fourth-order valence-electron chi connectivity index (χ4n) is 3.04. The van der Waals surface area contributed by atoms with Crippen molar-refractivity contribution < 1.29 is 9.26 Å². The molecule has 118 valence electrons. The normalized spacial score (nSPS) is 19.0. The van der Waals surface area contributed by atoms with E-state index in [1.807, 2.05) is 12.1 Å². The molecule has 0 saturated carbocycles. The first-order valence-electron chi connectivity index (χ1n) is 8.01. The number of methoxy groups -OCH3 is 1. The van der Waals surface area contributed by atoms with E-state index >= 15 is 0 Å². The summed E-state index contributed by atoms with van der Waals surface area (Å²) in [4.78, 5) is 2.48. The van der Waals surface area contributed by atoms with Gasteiger partial charge in [-0.1, -0.05) is 31.1 Å². The van der Waals surface area contributed by atoms with E-state index in [-0.39, 0.29) is 0 Å². The molecule has 1 fully saturated rings. The maximum atomic E-state index is 5.60. The van der Waals surface area contributed by atoms with Crippen molar-refractivity contribution in [3.8, 4) is 5.75 Å². The van der Waals surface area contributed by atoms with Crippen LogP contribution in [0.2, 0.25) is 0 Å². The molecule has 3 rings (SSSR count). The van der Waals surface area contributed by atoms with Crippen LogP contribution in [-0.4, -0.2) is 23.7 Å². The van der Waals surface area contributed by atoms with Crippen molar-refractivity contribution in [1.82, 2.24) is 10.1 Å². The molecule has 0 N–H and O–H groups in total. The van der Waals surface area contributed by atoms with Crippen LogP contribution in [-0.2, 0) is 6.54 Å². The van der Waals surface area contributed by atoms with Crippen LogP contribution in [0.1, 0.15) is 55.7 Å². The second kappa shape index (κ2) is 6.53. The van der Waals surface area contributed by atoms with Crippen LogP contribution in [0, 0.1) is 0 Å². The van der Waals surface area contributed by atoms with E-state index in [1.54, 1.807) is 7.11 Å². The van der Waals surface area contributed by atoms with Gasteiger partial charge >= 0.3 is 0 Å². The molecule has 1 aliphatic heterocycles. The van der Waals surface area contributed by atoms with Gasteiger partial charge in [0.1, 0.15) is 5.75 Å². The monoisotopic (exact) mass is 300 g/mol. The molecule has 2 aromatic rings. The first-order valence-corrected chi connectivity index (χ1v) is 8.01. The number of hydrogen-bond acceptors (Lipinski definition) is 4. The van der Waals surface area contributed by atoms with Crippen LogP contribution in [0.15, 0.2) is 34.9 Å². The predicted octanol–water partition coefficient (Wildman–Crippen LogP) is 4.14. The summed E-state index contributed by atoms with van der Waals surface area (Å²) < 4.78 is 10.8. The standard InChI is InChI=1S/C18H24N2O2/c1-13(2)16-11-18(22-19-16)17-5-4-10-20(17)12-14-6-8-15(21-3)9-7-14/h6-9,11,13,17H,4-5,10,12H2,1-3H3/t17-/m1/s1. The Morgan fingerprint density at radius 3 is 2.73 bits per heavy atom. The van der Waals surface area contributed by atoms with E-state index in [1.165, 1.54) is 12.0 Å². The number of likely N-dealkylation sites (tertiary alicyclic amines) is 1. The van der Waals surface area contributed by atoms with E-state index in [4.69, 9.17) is 9.26 Å². The van der Waals surface area contributed by atoms with Crippen molar-refractivity contribution in [1.29, 1.82) is 0 Å². The number of hydrogen-bond donors (Lipinski definition) is 0. The first-order chi connectivity index (χ1) is 10.7. The van der Waals surface area contributed by atoms with Gasteiger partial charge in [-0.2, -0.15) is 0 Å². The molecule has 1 atom stereocenters. The van der Waals surface area contributed by atoms with Crippen LogP contribution in [0.4, 0.5) is 0 Å². The smallest absolute Gasteiger partial charge is 0.154 e. The molecule has 1 aromatic carbocycles. The lowest BCUT2D eigenvalue weighted by molar-refractivity contribution is 0.206. The summed E-state index contributed by atoms with van der Waals surface area (Å²) in [5.74, 6) is 2.32. The zero-order valence-corrected chi connectivity index (χ0v) is 13.6. The van der Waals surface area contributed by atoms with Crippen LogP contribution in [0.5, 0.6) is 5.75 Å². The molecular formula is C18H24N2O2. The SMILES string of the molecule is COc1ccc(CN2CCC[C@@H]2c2cc(C(C)C)no2)cc1. The molecule has 0 spiro atoms. The highest BCUT2D eigenvalue weighted by Crippen LogP contribution is 2.34. The topological polar surface area (TPSA) is 38.5 Å². The molecule has 22 heavy (non-hydrogen) atoms. The summed E-state index contributed by atoms with van der Waals surface area (Å²) >= 11 is 0. The van der Waals surface area contributed by atoms with Gasteiger partial charge in [-0.3, -0.25) is 4.90 Å². The number of benzene rings is 1. The molecule has 0 bridgehead atoms.